The number of fused-ring (bicyclic) bond motifs is 1. The number of aliphatic imine (C=N–C) groups is 1. The van der Waals surface area contributed by atoms with E-state index in [1.165, 1.54) is 33.0 Å². The van der Waals surface area contributed by atoms with Gasteiger partial charge in [-0.15, -0.1) is 0 Å². The molecule has 8 heteroatoms. The highest BCUT2D eigenvalue weighted by Gasteiger charge is 2.16. The fourth-order valence-electron chi connectivity index (χ4n) is 3.46. The Bertz CT molecular complexity index is 869. The van der Waals surface area contributed by atoms with E-state index >= 15 is 0 Å². The third kappa shape index (κ3) is 5.63. The van der Waals surface area contributed by atoms with Crippen LogP contribution in [0.4, 0.5) is 0 Å². The van der Waals surface area contributed by atoms with Crippen molar-refractivity contribution < 1.29 is 14.3 Å². The molecule has 1 aromatic heterocycles. The van der Waals surface area contributed by atoms with E-state index in [-0.39, 0.29) is 18.0 Å². The second-order valence-electron chi connectivity index (χ2n) is 7.55. The van der Waals surface area contributed by atoms with Crippen LogP contribution in [0.5, 0.6) is 11.5 Å². The molecular weight excluding hydrogens is 370 g/mol. The van der Waals surface area contributed by atoms with Crippen molar-refractivity contribution in [3.8, 4) is 11.5 Å². The summed E-state index contributed by atoms with van der Waals surface area (Å²) in [6.45, 7) is 8.02. The molecule has 3 rings (SSSR count). The number of nitrogens with two attached hydrogens (primary N) is 1. The molecule has 0 saturated carbocycles. The topological polar surface area (TPSA) is 105 Å². The number of nitrogens with zero attached hydrogens (tertiary/aromatic N) is 2. The van der Waals surface area contributed by atoms with E-state index in [1.807, 2.05) is 26.0 Å². The maximum absolute atomic E-state index is 12.4. The molecule has 1 saturated heterocycles. The fraction of sp³-hybridized carbons (Fsp3) is 0.524. The van der Waals surface area contributed by atoms with Crippen molar-refractivity contribution in [1.82, 2.24) is 15.2 Å². The Kier molecular flexibility index (Phi) is 6.98. The third-order valence-electron chi connectivity index (χ3n) is 4.85. The van der Waals surface area contributed by atoms with Crippen molar-refractivity contribution in [3.05, 3.63) is 23.9 Å². The van der Waals surface area contributed by atoms with Gasteiger partial charge in [-0.25, -0.2) is 0 Å². The summed E-state index contributed by atoms with van der Waals surface area (Å²) >= 11 is 0. The molecule has 1 aliphatic heterocycles. The number of nitrogens with one attached hydrogen (secondary N) is 2. The van der Waals surface area contributed by atoms with Crippen molar-refractivity contribution >= 4 is 22.8 Å². The highest BCUT2D eigenvalue weighted by Crippen LogP contribution is 2.32. The average Bonchev–Trinajstić information content (AvgIpc) is 3.34. The smallest absolute Gasteiger partial charge is 0.274 e. The fourth-order valence-corrected chi connectivity index (χ4v) is 3.46. The quantitative estimate of drug-likeness (QED) is 0.358. The Morgan fingerprint density at radius 3 is 2.76 bits per heavy atom. The van der Waals surface area contributed by atoms with Gasteiger partial charge < -0.3 is 25.1 Å². The number of amides is 1. The molecule has 0 atom stereocenters. The number of benzene rings is 1. The predicted molar refractivity (Wildman–Crippen MR) is 115 cm³/mol. The van der Waals surface area contributed by atoms with E-state index in [0.717, 1.165) is 29.6 Å². The van der Waals surface area contributed by atoms with Crippen LogP contribution in [0.15, 0.2) is 23.2 Å². The molecule has 1 aromatic carbocycles. The number of hydrogen-bond acceptors (Lipinski definition) is 5. The van der Waals surface area contributed by atoms with Gasteiger partial charge in [0.2, 0.25) is 0 Å². The molecule has 1 aliphatic rings. The Labute approximate surface area is 171 Å². The number of hydrogen-bond donors (Lipinski definition) is 3. The van der Waals surface area contributed by atoms with Crippen molar-refractivity contribution in [3.63, 3.8) is 0 Å². The molecule has 0 spiro atoms. The first-order valence-corrected chi connectivity index (χ1v) is 10.2. The lowest BCUT2D eigenvalue weighted by atomic mass is 10.2. The third-order valence-corrected chi connectivity index (χ3v) is 4.85. The first kappa shape index (κ1) is 21.0. The summed E-state index contributed by atoms with van der Waals surface area (Å²) < 4.78 is 11.9. The number of aromatic nitrogens is 1. The van der Waals surface area contributed by atoms with Crippen LogP contribution < -0.4 is 20.5 Å². The van der Waals surface area contributed by atoms with Crippen LogP contribution in [0.1, 0.15) is 43.6 Å². The maximum Gasteiger partial charge on any atom is 0.274 e. The summed E-state index contributed by atoms with van der Waals surface area (Å²) in [5.74, 6) is 1.11. The summed E-state index contributed by atoms with van der Waals surface area (Å²) in [4.78, 5) is 21.7. The number of carbonyl (C=O) groups excluding carboxylic acids is 1. The van der Waals surface area contributed by atoms with Crippen LogP contribution in [0.2, 0.25) is 0 Å². The SMILES string of the molecule is CN=C(N)NC(=O)c1cc2c(OC(C)C)cc(OCCCN3CCCC3)cc2[nH]1. The molecule has 1 fully saturated rings. The zero-order chi connectivity index (χ0) is 20.8. The van der Waals surface area contributed by atoms with Gasteiger partial charge in [-0.2, -0.15) is 0 Å². The summed E-state index contributed by atoms with van der Waals surface area (Å²) in [5.41, 5.74) is 6.75. The van der Waals surface area contributed by atoms with Crippen molar-refractivity contribution in [2.45, 2.75) is 39.2 Å². The molecule has 1 amide bonds. The molecule has 158 valence electrons. The molecule has 0 radical (unpaired) electrons. The second-order valence-corrected chi connectivity index (χ2v) is 7.55. The summed E-state index contributed by atoms with van der Waals surface area (Å²) in [7, 11) is 1.52. The van der Waals surface area contributed by atoms with Gasteiger partial charge in [-0.05, 0) is 52.3 Å². The number of H-pyrrole nitrogens is 1. The minimum atomic E-state index is -0.354. The lowest BCUT2D eigenvalue weighted by molar-refractivity contribution is 0.0972. The van der Waals surface area contributed by atoms with Gasteiger partial charge >= 0.3 is 0 Å². The summed E-state index contributed by atoms with van der Waals surface area (Å²) in [5, 5.41) is 3.35. The van der Waals surface area contributed by atoms with Crippen molar-refractivity contribution in [2.75, 3.05) is 33.3 Å². The van der Waals surface area contributed by atoms with Crippen molar-refractivity contribution in [2.24, 2.45) is 10.7 Å². The molecule has 0 unspecified atom stereocenters. The van der Waals surface area contributed by atoms with Crippen LogP contribution in [-0.2, 0) is 0 Å². The number of carbonyl (C=O) groups is 1. The Morgan fingerprint density at radius 2 is 2.07 bits per heavy atom. The molecule has 2 aromatic rings. The number of likely N-dealkylation sites (tertiary alicyclic amines) is 1. The lowest BCUT2D eigenvalue weighted by Crippen LogP contribution is -2.36. The van der Waals surface area contributed by atoms with Gasteiger partial charge in [0.05, 0.1) is 18.2 Å². The Morgan fingerprint density at radius 1 is 1.31 bits per heavy atom. The summed E-state index contributed by atoms with van der Waals surface area (Å²) in [6.07, 6.45) is 3.57. The highest BCUT2D eigenvalue weighted by molar-refractivity contribution is 6.07. The van der Waals surface area contributed by atoms with Crippen LogP contribution in [0.3, 0.4) is 0 Å². The van der Waals surface area contributed by atoms with Crippen LogP contribution in [-0.4, -0.2) is 61.1 Å². The molecule has 29 heavy (non-hydrogen) atoms. The van der Waals surface area contributed by atoms with Gasteiger partial charge in [-0.1, -0.05) is 0 Å². The molecule has 2 heterocycles. The molecule has 0 bridgehead atoms. The molecule has 0 aliphatic carbocycles. The minimum Gasteiger partial charge on any atom is -0.493 e. The zero-order valence-corrected chi connectivity index (χ0v) is 17.5. The largest absolute Gasteiger partial charge is 0.493 e. The van der Waals surface area contributed by atoms with Crippen molar-refractivity contribution in [1.29, 1.82) is 0 Å². The summed E-state index contributed by atoms with van der Waals surface area (Å²) in [6, 6.07) is 5.53. The van der Waals surface area contributed by atoms with Crippen LogP contribution in [0.25, 0.3) is 10.9 Å². The van der Waals surface area contributed by atoms with E-state index < -0.39 is 0 Å². The first-order valence-electron chi connectivity index (χ1n) is 10.2. The maximum atomic E-state index is 12.4. The predicted octanol–water partition coefficient (Wildman–Crippen LogP) is 2.49. The van der Waals surface area contributed by atoms with Gasteiger partial charge in [0.25, 0.3) is 5.91 Å². The first-order chi connectivity index (χ1) is 14.0. The number of rotatable bonds is 8. The van der Waals surface area contributed by atoms with Gasteiger partial charge in [-0.3, -0.25) is 15.1 Å². The van der Waals surface area contributed by atoms with Gasteiger partial charge in [0, 0.05) is 31.1 Å². The van der Waals surface area contributed by atoms with Gasteiger partial charge in [0.1, 0.15) is 17.2 Å². The monoisotopic (exact) mass is 401 g/mol. The number of guanidine groups is 1. The van der Waals surface area contributed by atoms with E-state index in [0.29, 0.717) is 18.1 Å². The highest BCUT2D eigenvalue weighted by atomic mass is 16.5. The van der Waals surface area contributed by atoms with Crippen LogP contribution in [0, 0.1) is 0 Å². The van der Waals surface area contributed by atoms with E-state index in [1.54, 1.807) is 6.07 Å². The molecule has 8 nitrogen and oxygen atoms in total. The zero-order valence-electron chi connectivity index (χ0n) is 17.5. The van der Waals surface area contributed by atoms with E-state index in [4.69, 9.17) is 15.2 Å². The van der Waals surface area contributed by atoms with Crippen LogP contribution >= 0.6 is 0 Å². The number of aromatic amines is 1. The number of ether oxygens (including phenoxy) is 2. The van der Waals surface area contributed by atoms with E-state index in [2.05, 4.69) is 20.2 Å². The Hall–Kier alpha value is -2.74. The van der Waals surface area contributed by atoms with E-state index in [9.17, 15) is 4.79 Å². The molecule has 4 N–H and O–H groups in total. The standard InChI is InChI=1S/C21H31N5O3/c1-14(2)29-19-12-15(28-10-6-9-26-7-4-5-8-26)11-17-16(19)13-18(24-17)20(27)25-21(22)23-3/h11-14,24H,4-10H2,1-3H3,(H3,22,23,25,27). The second kappa shape index (κ2) is 9.65. The minimum absolute atomic E-state index is 0.00124. The average molecular weight is 402 g/mol. The normalized spacial score (nSPS) is 15.2. The molecular formula is C21H31N5O3. The Balaban J connectivity index is 1.74. The lowest BCUT2D eigenvalue weighted by Gasteiger charge is -2.15. The van der Waals surface area contributed by atoms with Gasteiger partial charge in [0.15, 0.2) is 5.96 Å².